The number of amides is 1. The van der Waals surface area contributed by atoms with Gasteiger partial charge in [0.15, 0.2) is 0 Å². The third-order valence-corrected chi connectivity index (χ3v) is 4.37. The van der Waals surface area contributed by atoms with E-state index >= 15 is 0 Å². The molecule has 0 radical (unpaired) electrons. The zero-order chi connectivity index (χ0) is 17.3. The van der Waals surface area contributed by atoms with Gasteiger partial charge in [-0.05, 0) is 49.7 Å². The zero-order valence-electron chi connectivity index (χ0n) is 14.2. The molecule has 5 nitrogen and oxygen atoms in total. The van der Waals surface area contributed by atoms with Crippen LogP contribution in [0.2, 0.25) is 0 Å². The molecule has 0 saturated heterocycles. The third-order valence-electron chi connectivity index (χ3n) is 4.37. The number of carbonyl (C=O) groups excluding carboxylic acids is 1. The van der Waals surface area contributed by atoms with Crippen LogP contribution >= 0.6 is 0 Å². The van der Waals surface area contributed by atoms with Crippen LogP contribution in [0.1, 0.15) is 34.6 Å². The molecule has 0 bridgehead atoms. The molecule has 1 aromatic carbocycles. The Morgan fingerprint density at radius 1 is 1.25 bits per heavy atom. The topological polar surface area (TPSA) is 55.6 Å². The van der Waals surface area contributed by atoms with Crippen molar-refractivity contribution >= 4 is 16.9 Å². The number of hydrogen-bond donors (Lipinski definition) is 0. The van der Waals surface area contributed by atoms with Gasteiger partial charge in [0.1, 0.15) is 17.1 Å². The summed E-state index contributed by atoms with van der Waals surface area (Å²) in [5.74, 6) is 1.23. The summed E-state index contributed by atoms with van der Waals surface area (Å²) in [6.45, 7) is 3.80. The molecule has 0 spiro atoms. The minimum atomic E-state index is -0.0798. The standard InChI is InChI=1S/C19H20N2O3/c1-12(14-7-9-20-10-8-14)21(3)19(22)18-13(2)24-17-6-5-15(23-4)11-16(17)18/h5-12H,1-4H3. The summed E-state index contributed by atoms with van der Waals surface area (Å²) in [7, 11) is 3.40. The Morgan fingerprint density at radius 2 is 1.96 bits per heavy atom. The molecule has 3 aromatic rings. The van der Waals surface area contributed by atoms with Crippen LogP contribution in [0.25, 0.3) is 11.0 Å². The number of benzene rings is 1. The maximum absolute atomic E-state index is 13.1. The summed E-state index contributed by atoms with van der Waals surface area (Å²) in [5.41, 5.74) is 2.29. The highest BCUT2D eigenvalue weighted by Gasteiger charge is 2.25. The monoisotopic (exact) mass is 324 g/mol. The lowest BCUT2D eigenvalue weighted by atomic mass is 10.1. The Labute approximate surface area is 140 Å². The molecular formula is C19H20N2O3. The van der Waals surface area contributed by atoms with Crippen molar-refractivity contribution < 1.29 is 13.9 Å². The van der Waals surface area contributed by atoms with Crippen molar-refractivity contribution in [2.24, 2.45) is 0 Å². The Morgan fingerprint density at radius 3 is 2.62 bits per heavy atom. The predicted octanol–water partition coefficient (Wildman–Crippen LogP) is 3.98. The first kappa shape index (κ1) is 16.1. The molecule has 0 fully saturated rings. The van der Waals surface area contributed by atoms with Crippen LogP contribution in [0.5, 0.6) is 5.75 Å². The van der Waals surface area contributed by atoms with Gasteiger partial charge in [-0.3, -0.25) is 9.78 Å². The first-order valence-electron chi connectivity index (χ1n) is 7.77. The van der Waals surface area contributed by atoms with E-state index in [1.54, 1.807) is 31.5 Å². The Kier molecular flexibility index (Phi) is 4.25. The lowest BCUT2D eigenvalue weighted by Crippen LogP contribution is -2.30. The summed E-state index contributed by atoms with van der Waals surface area (Å²) >= 11 is 0. The quantitative estimate of drug-likeness (QED) is 0.728. The maximum Gasteiger partial charge on any atom is 0.258 e. The highest BCUT2D eigenvalue weighted by atomic mass is 16.5. The normalized spacial score (nSPS) is 12.2. The van der Waals surface area contributed by atoms with Crippen LogP contribution in [0.3, 0.4) is 0 Å². The fourth-order valence-electron chi connectivity index (χ4n) is 2.81. The number of hydrogen-bond acceptors (Lipinski definition) is 4. The number of ether oxygens (including phenoxy) is 1. The van der Waals surface area contributed by atoms with Crippen LogP contribution in [-0.2, 0) is 0 Å². The Balaban J connectivity index is 2.00. The molecule has 0 aliphatic carbocycles. The lowest BCUT2D eigenvalue weighted by molar-refractivity contribution is 0.0742. The van der Waals surface area contributed by atoms with Crippen molar-refractivity contribution in [3.8, 4) is 5.75 Å². The summed E-state index contributed by atoms with van der Waals surface area (Å²) in [5, 5.41) is 0.769. The summed E-state index contributed by atoms with van der Waals surface area (Å²) < 4.78 is 11.0. The van der Waals surface area contributed by atoms with Gasteiger partial charge in [-0.1, -0.05) is 0 Å². The molecule has 2 heterocycles. The number of nitrogens with zero attached hydrogens (tertiary/aromatic N) is 2. The molecule has 1 unspecified atom stereocenters. The molecule has 24 heavy (non-hydrogen) atoms. The van der Waals surface area contributed by atoms with Gasteiger partial charge in [0.2, 0.25) is 0 Å². The van der Waals surface area contributed by atoms with Gasteiger partial charge in [0, 0.05) is 24.8 Å². The van der Waals surface area contributed by atoms with Gasteiger partial charge in [-0.2, -0.15) is 0 Å². The predicted molar refractivity (Wildman–Crippen MR) is 92.2 cm³/mol. The van der Waals surface area contributed by atoms with Crippen molar-refractivity contribution in [1.82, 2.24) is 9.88 Å². The van der Waals surface area contributed by atoms with Gasteiger partial charge < -0.3 is 14.1 Å². The second-order valence-electron chi connectivity index (χ2n) is 5.77. The lowest BCUT2D eigenvalue weighted by Gasteiger charge is -2.25. The van der Waals surface area contributed by atoms with Gasteiger partial charge in [0.05, 0.1) is 18.7 Å². The van der Waals surface area contributed by atoms with Gasteiger partial charge in [0.25, 0.3) is 5.91 Å². The van der Waals surface area contributed by atoms with E-state index in [0.717, 1.165) is 10.9 Å². The van der Waals surface area contributed by atoms with Crippen molar-refractivity contribution in [2.75, 3.05) is 14.2 Å². The zero-order valence-corrected chi connectivity index (χ0v) is 14.2. The highest BCUT2D eigenvalue weighted by Crippen LogP contribution is 2.31. The minimum Gasteiger partial charge on any atom is -0.497 e. The van der Waals surface area contributed by atoms with E-state index in [4.69, 9.17) is 9.15 Å². The van der Waals surface area contributed by atoms with E-state index in [0.29, 0.717) is 22.7 Å². The van der Waals surface area contributed by atoms with Crippen LogP contribution < -0.4 is 4.74 Å². The molecule has 0 saturated carbocycles. The number of aryl methyl sites for hydroxylation is 1. The van der Waals surface area contributed by atoms with E-state index in [1.807, 2.05) is 44.2 Å². The molecule has 1 atom stereocenters. The summed E-state index contributed by atoms with van der Waals surface area (Å²) in [6, 6.07) is 9.24. The van der Waals surface area contributed by atoms with Crippen molar-refractivity contribution in [3.05, 3.63) is 59.6 Å². The number of rotatable bonds is 4. The van der Waals surface area contributed by atoms with Crippen LogP contribution in [-0.4, -0.2) is 29.9 Å². The third kappa shape index (κ3) is 2.73. The number of pyridine rings is 1. The smallest absolute Gasteiger partial charge is 0.258 e. The molecule has 5 heteroatoms. The average molecular weight is 324 g/mol. The van der Waals surface area contributed by atoms with E-state index < -0.39 is 0 Å². The number of furan rings is 1. The fourth-order valence-corrected chi connectivity index (χ4v) is 2.81. The van der Waals surface area contributed by atoms with Gasteiger partial charge in [-0.25, -0.2) is 0 Å². The molecule has 2 aromatic heterocycles. The molecule has 124 valence electrons. The SMILES string of the molecule is COc1ccc2oc(C)c(C(=O)N(C)C(C)c3ccncc3)c2c1. The average Bonchev–Trinajstić information content (AvgIpc) is 2.95. The number of fused-ring (bicyclic) bond motifs is 1. The minimum absolute atomic E-state index is 0.0737. The first-order chi connectivity index (χ1) is 11.5. The van der Waals surface area contributed by atoms with Crippen molar-refractivity contribution in [1.29, 1.82) is 0 Å². The van der Waals surface area contributed by atoms with E-state index in [2.05, 4.69) is 4.98 Å². The van der Waals surface area contributed by atoms with Crippen molar-refractivity contribution in [3.63, 3.8) is 0 Å². The Hall–Kier alpha value is -2.82. The van der Waals surface area contributed by atoms with Gasteiger partial charge >= 0.3 is 0 Å². The molecule has 1 amide bonds. The molecule has 0 aliphatic heterocycles. The number of aromatic nitrogens is 1. The molecular weight excluding hydrogens is 304 g/mol. The van der Waals surface area contributed by atoms with Crippen LogP contribution in [0, 0.1) is 6.92 Å². The van der Waals surface area contributed by atoms with E-state index in [-0.39, 0.29) is 11.9 Å². The first-order valence-corrected chi connectivity index (χ1v) is 7.77. The number of carbonyl (C=O) groups is 1. The maximum atomic E-state index is 13.1. The second kappa shape index (κ2) is 6.35. The molecule has 3 rings (SSSR count). The Bertz CT molecular complexity index is 871. The van der Waals surface area contributed by atoms with E-state index in [1.165, 1.54) is 0 Å². The second-order valence-corrected chi connectivity index (χ2v) is 5.77. The molecule has 0 N–H and O–H groups in total. The van der Waals surface area contributed by atoms with Crippen LogP contribution in [0.15, 0.2) is 47.1 Å². The summed E-state index contributed by atoms with van der Waals surface area (Å²) in [6.07, 6.45) is 3.46. The van der Waals surface area contributed by atoms with Crippen LogP contribution in [0.4, 0.5) is 0 Å². The van der Waals surface area contributed by atoms with Gasteiger partial charge in [-0.15, -0.1) is 0 Å². The van der Waals surface area contributed by atoms with Crippen molar-refractivity contribution in [2.45, 2.75) is 19.9 Å². The molecule has 0 aliphatic rings. The summed E-state index contributed by atoms with van der Waals surface area (Å²) in [4.78, 5) is 18.8. The fraction of sp³-hybridized carbons (Fsp3) is 0.263. The van der Waals surface area contributed by atoms with E-state index in [9.17, 15) is 4.79 Å². The highest BCUT2D eigenvalue weighted by molar-refractivity contribution is 6.07. The largest absolute Gasteiger partial charge is 0.497 e. The number of methoxy groups -OCH3 is 1.